The van der Waals surface area contributed by atoms with Crippen LogP contribution in [0.2, 0.25) is 0 Å². The van der Waals surface area contributed by atoms with E-state index in [0.29, 0.717) is 6.61 Å². The van der Waals surface area contributed by atoms with Gasteiger partial charge in [-0.15, -0.1) is 0 Å². The molecule has 0 saturated heterocycles. The lowest BCUT2D eigenvalue weighted by molar-refractivity contribution is 0.282. The predicted molar refractivity (Wildman–Crippen MR) is 114 cm³/mol. The Balaban J connectivity index is 1.58. The van der Waals surface area contributed by atoms with E-state index in [1.54, 1.807) is 0 Å². The Morgan fingerprint density at radius 1 is 0.667 bits per heavy atom. The van der Waals surface area contributed by atoms with Gasteiger partial charge in [0.1, 0.15) is 5.75 Å². The summed E-state index contributed by atoms with van der Waals surface area (Å²) >= 11 is 3.40. The summed E-state index contributed by atoms with van der Waals surface area (Å²) in [4.78, 5) is 0. The Morgan fingerprint density at radius 3 is 1.70 bits per heavy atom. The van der Waals surface area contributed by atoms with E-state index in [9.17, 15) is 0 Å². The van der Waals surface area contributed by atoms with Crippen LogP contribution in [0.25, 0.3) is 0 Å². The summed E-state index contributed by atoms with van der Waals surface area (Å²) in [7, 11) is 0. The molecule has 0 saturated carbocycles. The predicted octanol–water partition coefficient (Wildman–Crippen LogP) is 7.36. The van der Waals surface area contributed by atoms with Gasteiger partial charge in [0, 0.05) is 11.1 Å². The number of unbranched alkanes of at least 4 members (excludes halogenated alkanes) is 7. The number of hydrogen-bond acceptors (Lipinski definition) is 4. The maximum atomic E-state index is 8.73. The maximum absolute atomic E-state index is 8.73. The summed E-state index contributed by atoms with van der Waals surface area (Å²) in [6.45, 7) is 1.08. The number of ether oxygens (including phenoxy) is 1. The van der Waals surface area contributed by atoms with Crippen LogP contribution in [0.5, 0.6) is 5.75 Å². The third-order valence-electron chi connectivity index (χ3n) is 4.27. The summed E-state index contributed by atoms with van der Waals surface area (Å²) in [6, 6.07) is 15.5. The zero-order chi connectivity index (χ0) is 19.2. The molecule has 146 valence electrons. The number of aliphatic hydroxyl groups is 1. The van der Waals surface area contributed by atoms with Gasteiger partial charge in [0.2, 0.25) is 0 Å². The molecule has 2 aromatic carbocycles. The number of halogens is 1. The highest BCUT2D eigenvalue weighted by molar-refractivity contribution is 9.10. The van der Waals surface area contributed by atoms with E-state index >= 15 is 0 Å². The number of benzene rings is 2. The van der Waals surface area contributed by atoms with Gasteiger partial charge in [0.25, 0.3) is 0 Å². The van der Waals surface area contributed by atoms with E-state index < -0.39 is 0 Å². The molecule has 0 aromatic heterocycles. The van der Waals surface area contributed by atoms with Crippen molar-refractivity contribution in [2.45, 2.75) is 51.4 Å². The zero-order valence-electron chi connectivity index (χ0n) is 15.8. The second-order valence-corrected chi connectivity index (χ2v) is 7.49. The first-order valence-electron chi connectivity index (χ1n) is 9.79. The van der Waals surface area contributed by atoms with Crippen LogP contribution in [0.3, 0.4) is 0 Å². The van der Waals surface area contributed by atoms with Gasteiger partial charge in [-0.05, 0) is 61.4 Å². The van der Waals surface area contributed by atoms with Crippen molar-refractivity contribution in [2.24, 2.45) is 10.2 Å². The molecular weight excluding hydrogens is 404 g/mol. The maximum Gasteiger partial charge on any atom is 0.119 e. The van der Waals surface area contributed by atoms with Crippen molar-refractivity contribution in [2.75, 3.05) is 13.2 Å². The van der Waals surface area contributed by atoms with Crippen molar-refractivity contribution < 1.29 is 9.84 Å². The Kier molecular flexibility index (Phi) is 10.7. The first-order valence-corrected chi connectivity index (χ1v) is 10.6. The molecule has 5 heteroatoms. The van der Waals surface area contributed by atoms with Crippen LogP contribution in [0.1, 0.15) is 51.4 Å². The molecule has 0 bridgehead atoms. The van der Waals surface area contributed by atoms with Gasteiger partial charge in [-0.2, -0.15) is 10.2 Å². The molecule has 2 rings (SSSR count). The van der Waals surface area contributed by atoms with Crippen LogP contribution >= 0.6 is 15.9 Å². The average molecular weight is 433 g/mol. The summed E-state index contributed by atoms with van der Waals surface area (Å²) in [5, 5.41) is 17.2. The fraction of sp³-hybridized carbons (Fsp3) is 0.455. The second kappa shape index (κ2) is 13.4. The van der Waals surface area contributed by atoms with Gasteiger partial charge in [0.05, 0.1) is 18.0 Å². The van der Waals surface area contributed by atoms with E-state index in [4.69, 9.17) is 9.84 Å². The van der Waals surface area contributed by atoms with Crippen LogP contribution in [0, 0.1) is 0 Å². The van der Waals surface area contributed by atoms with Gasteiger partial charge < -0.3 is 9.84 Å². The molecule has 4 nitrogen and oxygen atoms in total. The van der Waals surface area contributed by atoms with Gasteiger partial charge in [0.15, 0.2) is 0 Å². The van der Waals surface area contributed by atoms with Crippen molar-refractivity contribution in [1.29, 1.82) is 0 Å². The van der Waals surface area contributed by atoms with Crippen molar-refractivity contribution in [3.63, 3.8) is 0 Å². The quantitative estimate of drug-likeness (QED) is 0.265. The van der Waals surface area contributed by atoms with Crippen LogP contribution < -0.4 is 4.74 Å². The van der Waals surface area contributed by atoms with E-state index in [1.807, 2.05) is 48.5 Å². The topological polar surface area (TPSA) is 54.2 Å². The molecule has 2 aromatic rings. The van der Waals surface area contributed by atoms with E-state index in [-0.39, 0.29) is 0 Å². The van der Waals surface area contributed by atoms with E-state index in [0.717, 1.165) is 47.5 Å². The summed E-state index contributed by atoms with van der Waals surface area (Å²) < 4.78 is 6.82. The van der Waals surface area contributed by atoms with Gasteiger partial charge in [-0.1, -0.05) is 54.5 Å². The molecule has 0 heterocycles. The third-order valence-corrected chi connectivity index (χ3v) is 4.79. The molecule has 0 spiro atoms. The third kappa shape index (κ3) is 9.68. The molecule has 0 aliphatic heterocycles. The van der Waals surface area contributed by atoms with E-state index in [2.05, 4.69) is 26.2 Å². The standard InChI is InChI=1S/C22H29BrN2O2/c23-19-9-11-20(12-10-19)24-25-21-13-15-22(16-14-21)27-18-8-6-4-2-1-3-5-7-17-26/h9-16,26H,1-8,17-18H2. The number of aliphatic hydroxyl groups excluding tert-OH is 1. The Morgan fingerprint density at radius 2 is 1.15 bits per heavy atom. The van der Waals surface area contributed by atoms with Gasteiger partial charge >= 0.3 is 0 Å². The summed E-state index contributed by atoms with van der Waals surface area (Å²) in [5.41, 5.74) is 1.64. The van der Waals surface area contributed by atoms with Crippen LogP contribution in [0.4, 0.5) is 11.4 Å². The molecule has 1 N–H and O–H groups in total. The number of hydrogen-bond donors (Lipinski definition) is 1. The molecule has 0 aliphatic rings. The minimum atomic E-state index is 0.326. The first-order chi connectivity index (χ1) is 13.3. The lowest BCUT2D eigenvalue weighted by Gasteiger charge is -2.06. The second-order valence-electron chi connectivity index (χ2n) is 6.57. The smallest absolute Gasteiger partial charge is 0.119 e. The minimum Gasteiger partial charge on any atom is -0.494 e. The molecule has 0 aliphatic carbocycles. The number of azo groups is 1. The molecule has 0 atom stereocenters. The molecule has 0 amide bonds. The highest BCUT2D eigenvalue weighted by Gasteiger charge is 1.97. The van der Waals surface area contributed by atoms with E-state index in [1.165, 1.54) is 32.1 Å². The number of nitrogens with zero attached hydrogens (tertiary/aromatic N) is 2. The van der Waals surface area contributed by atoms with Crippen LogP contribution in [-0.2, 0) is 0 Å². The van der Waals surface area contributed by atoms with Crippen LogP contribution in [-0.4, -0.2) is 18.3 Å². The Labute approximate surface area is 170 Å². The highest BCUT2D eigenvalue weighted by atomic mass is 79.9. The highest BCUT2D eigenvalue weighted by Crippen LogP contribution is 2.22. The summed E-state index contributed by atoms with van der Waals surface area (Å²) in [6.07, 6.45) is 9.44. The van der Waals surface area contributed by atoms with Crippen molar-refractivity contribution in [3.05, 3.63) is 53.0 Å². The van der Waals surface area contributed by atoms with Crippen molar-refractivity contribution in [1.82, 2.24) is 0 Å². The van der Waals surface area contributed by atoms with Gasteiger partial charge in [-0.3, -0.25) is 0 Å². The molecule has 0 radical (unpaired) electrons. The Hall–Kier alpha value is -1.72. The molecule has 0 fully saturated rings. The SMILES string of the molecule is OCCCCCCCCCCOc1ccc(N=Nc2ccc(Br)cc2)cc1. The van der Waals surface area contributed by atoms with Crippen LogP contribution in [0.15, 0.2) is 63.2 Å². The normalized spacial score (nSPS) is 11.2. The average Bonchev–Trinajstić information content (AvgIpc) is 2.70. The summed E-state index contributed by atoms with van der Waals surface area (Å²) in [5.74, 6) is 0.876. The largest absolute Gasteiger partial charge is 0.494 e. The molecular formula is C22H29BrN2O2. The van der Waals surface area contributed by atoms with Crippen molar-refractivity contribution in [3.8, 4) is 5.75 Å². The Bertz CT molecular complexity index is 657. The van der Waals surface area contributed by atoms with Crippen molar-refractivity contribution >= 4 is 27.3 Å². The number of rotatable bonds is 13. The lowest BCUT2D eigenvalue weighted by atomic mass is 10.1. The molecule has 0 unspecified atom stereocenters. The van der Waals surface area contributed by atoms with Gasteiger partial charge in [-0.25, -0.2) is 0 Å². The zero-order valence-corrected chi connectivity index (χ0v) is 17.4. The fourth-order valence-corrected chi connectivity index (χ4v) is 2.96. The first kappa shape index (κ1) is 21.6. The molecule has 27 heavy (non-hydrogen) atoms. The monoisotopic (exact) mass is 432 g/mol. The minimum absolute atomic E-state index is 0.326. The fourth-order valence-electron chi connectivity index (χ4n) is 2.70. The lowest BCUT2D eigenvalue weighted by Crippen LogP contribution is -1.96.